The molecule has 0 bridgehead atoms. The van der Waals surface area contributed by atoms with Gasteiger partial charge in [0.15, 0.2) is 6.29 Å². The molecule has 0 saturated carbocycles. The van der Waals surface area contributed by atoms with E-state index in [4.69, 9.17) is 18.9 Å². The van der Waals surface area contributed by atoms with Crippen molar-refractivity contribution in [2.75, 3.05) is 26.4 Å². The highest BCUT2D eigenvalue weighted by molar-refractivity contribution is 5.87. The van der Waals surface area contributed by atoms with Crippen molar-refractivity contribution >= 4 is 17.0 Å². The molecule has 1 N–H and O–H groups in total. The zero-order valence-corrected chi connectivity index (χ0v) is 23.0. The van der Waals surface area contributed by atoms with Crippen LogP contribution in [0, 0.1) is 13.8 Å². The number of hydrogen-bond donors (Lipinski definition) is 1. The van der Waals surface area contributed by atoms with E-state index in [1.54, 1.807) is 4.90 Å². The van der Waals surface area contributed by atoms with Crippen LogP contribution in [0.15, 0.2) is 66.7 Å². The van der Waals surface area contributed by atoms with E-state index >= 15 is 0 Å². The van der Waals surface area contributed by atoms with Crippen LogP contribution in [0.5, 0.6) is 11.5 Å². The maximum atomic E-state index is 13.5. The molecule has 3 aromatic carbocycles. The Morgan fingerprint density at radius 3 is 2.28 bits per heavy atom. The summed E-state index contributed by atoms with van der Waals surface area (Å²) < 4.78 is 22.9. The predicted octanol–water partition coefficient (Wildman–Crippen LogP) is 6.71. The molecule has 7 heteroatoms. The first-order valence-corrected chi connectivity index (χ1v) is 13.6. The maximum absolute atomic E-state index is 13.5. The van der Waals surface area contributed by atoms with Crippen LogP contribution in [0.25, 0.3) is 10.9 Å². The maximum Gasteiger partial charge on any atom is 0.416 e. The monoisotopic (exact) mass is 528 g/mol. The number of ether oxygens (including phenoxy) is 4. The number of fused-ring (bicyclic) bond motifs is 3. The van der Waals surface area contributed by atoms with Crippen molar-refractivity contribution in [3.63, 3.8) is 0 Å². The van der Waals surface area contributed by atoms with Gasteiger partial charge in [-0.05, 0) is 81.6 Å². The van der Waals surface area contributed by atoms with Gasteiger partial charge >= 0.3 is 6.09 Å². The second kappa shape index (κ2) is 11.9. The van der Waals surface area contributed by atoms with Gasteiger partial charge in [-0.2, -0.15) is 0 Å². The van der Waals surface area contributed by atoms with Crippen molar-refractivity contribution in [1.29, 1.82) is 0 Å². The molecule has 39 heavy (non-hydrogen) atoms. The first kappa shape index (κ1) is 26.8. The van der Waals surface area contributed by atoms with Crippen molar-refractivity contribution in [1.82, 2.24) is 9.88 Å². The van der Waals surface area contributed by atoms with Gasteiger partial charge in [0, 0.05) is 36.4 Å². The fourth-order valence-corrected chi connectivity index (χ4v) is 5.14. The van der Waals surface area contributed by atoms with Crippen LogP contribution in [-0.2, 0) is 15.9 Å². The lowest BCUT2D eigenvalue weighted by Crippen LogP contribution is -2.42. The molecule has 5 rings (SSSR count). The molecule has 7 nitrogen and oxygen atoms in total. The fourth-order valence-electron chi connectivity index (χ4n) is 5.14. The number of carbonyl (C=O) groups is 1. The summed E-state index contributed by atoms with van der Waals surface area (Å²) in [5, 5.41) is 1.21. The number of nitrogens with one attached hydrogen (secondary N) is 1. The van der Waals surface area contributed by atoms with Gasteiger partial charge in [-0.25, -0.2) is 4.79 Å². The molecule has 1 amide bonds. The average molecular weight is 529 g/mol. The number of rotatable bonds is 9. The third-order valence-electron chi connectivity index (χ3n) is 7.03. The van der Waals surface area contributed by atoms with E-state index < -0.39 is 6.29 Å². The standard InChI is InChI=1S/C32H36N2O5/c1-5-36-29(37-6-2)20-38-24-14-10-23(11-15-24)31-30-26(27-19-22(4)9-16-28(27)33-30)17-18-34(31)32(35)39-25-12-7-21(3)8-13-25/h7-16,19,29,31,33H,5-6,17-18,20H2,1-4H3. The summed E-state index contributed by atoms with van der Waals surface area (Å²) in [5.41, 5.74) is 6.63. The first-order valence-electron chi connectivity index (χ1n) is 13.6. The second-order valence-electron chi connectivity index (χ2n) is 9.81. The summed E-state index contributed by atoms with van der Waals surface area (Å²) in [7, 11) is 0. The van der Waals surface area contributed by atoms with E-state index in [1.807, 2.05) is 69.3 Å². The minimum absolute atomic E-state index is 0.297. The summed E-state index contributed by atoms with van der Waals surface area (Å²) >= 11 is 0. The number of amides is 1. The number of aromatic nitrogens is 1. The molecule has 1 aromatic heterocycles. The minimum atomic E-state index is -0.414. The van der Waals surface area contributed by atoms with Crippen molar-refractivity contribution in [3.05, 3.63) is 94.7 Å². The Morgan fingerprint density at radius 1 is 0.923 bits per heavy atom. The van der Waals surface area contributed by atoms with Gasteiger partial charge in [-0.15, -0.1) is 0 Å². The smallest absolute Gasteiger partial charge is 0.416 e. The molecular weight excluding hydrogens is 492 g/mol. The first-order chi connectivity index (χ1) is 19.0. The third-order valence-corrected chi connectivity index (χ3v) is 7.03. The molecule has 4 aromatic rings. The summed E-state index contributed by atoms with van der Waals surface area (Å²) in [6.07, 6.45) is -0.0428. The van der Waals surface area contributed by atoms with Gasteiger partial charge in [0.25, 0.3) is 0 Å². The molecule has 0 radical (unpaired) electrons. The summed E-state index contributed by atoms with van der Waals surface area (Å²) in [6, 6.07) is 21.5. The second-order valence-corrected chi connectivity index (χ2v) is 9.81. The van der Waals surface area contributed by atoms with Crippen LogP contribution in [0.1, 0.15) is 47.8 Å². The highest BCUT2D eigenvalue weighted by Crippen LogP contribution is 2.39. The van der Waals surface area contributed by atoms with E-state index in [2.05, 4.69) is 30.1 Å². The van der Waals surface area contributed by atoms with Gasteiger partial charge in [0.1, 0.15) is 24.1 Å². The van der Waals surface area contributed by atoms with Crippen LogP contribution in [0.3, 0.4) is 0 Å². The summed E-state index contributed by atoms with van der Waals surface area (Å²) in [5.74, 6) is 1.24. The molecule has 1 atom stereocenters. The number of aryl methyl sites for hydroxylation is 2. The molecule has 1 aliphatic rings. The molecule has 0 fully saturated rings. The molecule has 2 heterocycles. The molecule has 204 valence electrons. The SMILES string of the molecule is CCOC(COc1ccc(C2c3[nH]c4ccc(C)cc4c3CCN2C(=O)Oc2ccc(C)cc2)cc1)OCC. The van der Waals surface area contributed by atoms with E-state index in [-0.39, 0.29) is 12.1 Å². The lowest BCUT2D eigenvalue weighted by atomic mass is 9.92. The normalized spacial score (nSPS) is 15.0. The van der Waals surface area contributed by atoms with Crippen LogP contribution in [0.4, 0.5) is 4.79 Å². The Bertz CT molecular complexity index is 1410. The lowest BCUT2D eigenvalue weighted by Gasteiger charge is -2.35. The zero-order valence-electron chi connectivity index (χ0n) is 23.0. The van der Waals surface area contributed by atoms with Crippen LogP contribution < -0.4 is 9.47 Å². The fraction of sp³-hybridized carbons (Fsp3) is 0.344. The van der Waals surface area contributed by atoms with E-state index in [1.165, 1.54) is 16.5 Å². The largest absolute Gasteiger partial charge is 0.488 e. The Hall–Kier alpha value is -3.81. The third kappa shape index (κ3) is 5.95. The van der Waals surface area contributed by atoms with Crippen molar-refractivity contribution in [2.45, 2.75) is 46.4 Å². The van der Waals surface area contributed by atoms with Gasteiger partial charge in [-0.3, -0.25) is 4.90 Å². The van der Waals surface area contributed by atoms with E-state index in [0.29, 0.717) is 37.9 Å². The lowest BCUT2D eigenvalue weighted by molar-refractivity contribution is -0.152. The topological polar surface area (TPSA) is 73.0 Å². The number of aromatic amines is 1. The molecular formula is C32H36N2O5. The molecule has 0 aliphatic carbocycles. The van der Waals surface area contributed by atoms with Gasteiger partial charge < -0.3 is 23.9 Å². The number of hydrogen-bond acceptors (Lipinski definition) is 5. The van der Waals surface area contributed by atoms with E-state index in [9.17, 15) is 4.79 Å². The van der Waals surface area contributed by atoms with E-state index in [0.717, 1.165) is 28.8 Å². The number of nitrogens with zero attached hydrogens (tertiary/aromatic N) is 1. The molecule has 0 spiro atoms. The Balaban J connectivity index is 1.44. The number of carbonyl (C=O) groups excluding carboxylic acids is 1. The van der Waals surface area contributed by atoms with Gasteiger partial charge in [0.05, 0.1) is 0 Å². The quantitative estimate of drug-likeness (QED) is 0.245. The predicted molar refractivity (Wildman–Crippen MR) is 151 cm³/mol. The summed E-state index contributed by atoms with van der Waals surface area (Å²) in [6.45, 7) is 9.92. The number of benzene rings is 3. The zero-order chi connectivity index (χ0) is 27.4. The Morgan fingerprint density at radius 2 is 1.59 bits per heavy atom. The van der Waals surface area contributed by atoms with Crippen molar-refractivity contribution in [2.24, 2.45) is 0 Å². The molecule has 1 unspecified atom stereocenters. The average Bonchev–Trinajstić information content (AvgIpc) is 3.31. The Labute approximate surface area is 229 Å². The van der Waals surface area contributed by atoms with Crippen LogP contribution in [-0.4, -0.2) is 48.6 Å². The highest BCUT2D eigenvalue weighted by Gasteiger charge is 2.35. The minimum Gasteiger partial charge on any atom is -0.488 e. The molecule has 0 saturated heterocycles. The van der Waals surface area contributed by atoms with Crippen LogP contribution in [0.2, 0.25) is 0 Å². The number of H-pyrrole nitrogens is 1. The Kier molecular flexibility index (Phi) is 8.19. The van der Waals surface area contributed by atoms with Crippen LogP contribution >= 0.6 is 0 Å². The van der Waals surface area contributed by atoms with Crippen molar-refractivity contribution in [3.8, 4) is 11.5 Å². The molecule has 1 aliphatic heterocycles. The van der Waals surface area contributed by atoms with Gasteiger partial charge in [0.2, 0.25) is 0 Å². The summed E-state index contributed by atoms with van der Waals surface area (Å²) in [4.78, 5) is 18.9. The van der Waals surface area contributed by atoms with Gasteiger partial charge in [-0.1, -0.05) is 41.5 Å². The highest BCUT2D eigenvalue weighted by atomic mass is 16.7. The van der Waals surface area contributed by atoms with Crippen molar-refractivity contribution < 1.29 is 23.7 Å².